The van der Waals surface area contributed by atoms with Crippen molar-refractivity contribution in [1.82, 2.24) is 14.2 Å². The Hall–Kier alpha value is -3.48. The number of ketones is 1. The van der Waals surface area contributed by atoms with E-state index in [4.69, 9.17) is 14.2 Å². The highest BCUT2D eigenvalue weighted by Gasteiger charge is 2.25. The number of benzene rings is 2. The lowest BCUT2D eigenvalue weighted by Gasteiger charge is -2.23. The molecule has 3 aromatic rings. The second-order valence-electron chi connectivity index (χ2n) is 8.82. The summed E-state index contributed by atoms with van der Waals surface area (Å²) in [4.78, 5) is 32.3. The lowest BCUT2D eigenvalue weighted by atomic mass is 10.1. The smallest absolute Gasteiger partial charge is 0.254 e. The Morgan fingerprint density at radius 1 is 0.974 bits per heavy atom. The van der Waals surface area contributed by atoms with Crippen LogP contribution in [-0.2, 0) is 23.0 Å². The summed E-state index contributed by atoms with van der Waals surface area (Å²) >= 11 is 1.20. The number of hydrogen-bond donors (Lipinski definition) is 0. The first-order valence-electron chi connectivity index (χ1n) is 12.1. The molecule has 0 fully saturated rings. The normalized spacial score (nSPS) is 11.3. The largest absolute Gasteiger partial charge is 0.493 e. The number of sulfonamides is 1. The maximum atomic E-state index is 13.7. The number of ether oxygens (including phenoxy) is 3. The molecule has 0 spiro atoms. The van der Waals surface area contributed by atoms with Gasteiger partial charge in [0.25, 0.3) is 5.91 Å². The molecule has 0 unspecified atom stereocenters. The molecule has 0 bridgehead atoms. The Labute approximate surface area is 233 Å². The summed E-state index contributed by atoms with van der Waals surface area (Å²) in [5.41, 5.74) is 1.56. The van der Waals surface area contributed by atoms with Gasteiger partial charge in [0.1, 0.15) is 16.5 Å². The first-order chi connectivity index (χ1) is 18.6. The molecule has 0 aliphatic carbocycles. The number of Topliss-reactive ketones (excluding diaryl/α,β-unsaturated/α-hetero) is 1. The Bertz CT molecular complexity index is 1360. The summed E-state index contributed by atoms with van der Waals surface area (Å²) in [5.74, 6) is -0.461. The minimum absolute atomic E-state index is 0.0601. The highest BCUT2D eigenvalue weighted by atomic mass is 32.2. The fraction of sp³-hybridized carbons (Fsp3) is 0.370. The first-order valence-corrected chi connectivity index (χ1v) is 14.6. The minimum Gasteiger partial charge on any atom is -0.493 e. The molecule has 0 saturated heterocycles. The molecule has 210 valence electrons. The van der Waals surface area contributed by atoms with Gasteiger partial charge in [-0.1, -0.05) is 30.3 Å². The van der Waals surface area contributed by atoms with E-state index in [1.54, 1.807) is 17.0 Å². The maximum Gasteiger partial charge on any atom is 0.254 e. The van der Waals surface area contributed by atoms with E-state index in [-0.39, 0.29) is 18.1 Å². The van der Waals surface area contributed by atoms with E-state index in [0.29, 0.717) is 40.8 Å². The topological polar surface area (TPSA) is 115 Å². The van der Waals surface area contributed by atoms with Crippen LogP contribution in [0.3, 0.4) is 0 Å². The third-order valence-corrected chi connectivity index (χ3v) is 8.54. The number of hydrogen-bond acceptors (Lipinski definition) is 9. The van der Waals surface area contributed by atoms with E-state index in [2.05, 4.69) is 4.98 Å². The summed E-state index contributed by atoms with van der Waals surface area (Å²) in [6, 6.07) is 13.2. The SMILES string of the molecule is COc1cc(C(=O)N(CCCc2ccccc2)Cc2nc(C(=O)CS(=O)(=O)N(C)C)cs2)cc(OC)c1OC. The number of nitrogens with zero attached hydrogens (tertiary/aromatic N) is 3. The number of amides is 1. The highest BCUT2D eigenvalue weighted by molar-refractivity contribution is 7.89. The van der Waals surface area contributed by atoms with Gasteiger partial charge < -0.3 is 19.1 Å². The van der Waals surface area contributed by atoms with Gasteiger partial charge in [0.05, 0.1) is 27.9 Å². The van der Waals surface area contributed by atoms with E-state index in [1.807, 2.05) is 30.3 Å². The van der Waals surface area contributed by atoms with Crippen molar-refractivity contribution in [3.05, 3.63) is 69.7 Å². The molecule has 1 amide bonds. The summed E-state index contributed by atoms with van der Waals surface area (Å²) in [6.45, 7) is 0.560. The number of aryl methyl sites for hydroxylation is 1. The quantitative estimate of drug-likeness (QED) is 0.268. The van der Waals surface area contributed by atoms with Crippen LogP contribution in [0.4, 0.5) is 0 Å². The molecule has 10 nitrogen and oxygen atoms in total. The second kappa shape index (κ2) is 13.5. The van der Waals surface area contributed by atoms with Gasteiger partial charge in [-0.3, -0.25) is 9.59 Å². The van der Waals surface area contributed by atoms with Crippen molar-refractivity contribution in [2.45, 2.75) is 19.4 Å². The lowest BCUT2D eigenvalue weighted by Crippen LogP contribution is -2.32. The highest BCUT2D eigenvalue weighted by Crippen LogP contribution is 2.38. The molecule has 39 heavy (non-hydrogen) atoms. The zero-order chi connectivity index (χ0) is 28.6. The predicted octanol–water partition coefficient (Wildman–Crippen LogP) is 3.52. The van der Waals surface area contributed by atoms with E-state index in [0.717, 1.165) is 16.3 Å². The molecule has 0 radical (unpaired) electrons. The van der Waals surface area contributed by atoms with E-state index in [1.165, 1.54) is 52.1 Å². The van der Waals surface area contributed by atoms with Gasteiger partial charge >= 0.3 is 0 Å². The molecular weight excluding hydrogens is 542 g/mol. The van der Waals surface area contributed by atoms with E-state index < -0.39 is 21.6 Å². The summed E-state index contributed by atoms with van der Waals surface area (Å²) in [6.07, 6.45) is 1.46. The fourth-order valence-corrected chi connectivity index (χ4v) is 5.35. The van der Waals surface area contributed by atoms with Crippen molar-refractivity contribution in [2.24, 2.45) is 0 Å². The molecule has 1 aromatic heterocycles. The number of carbonyl (C=O) groups excluding carboxylic acids is 2. The maximum absolute atomic E-state index is 13.7. The van der Waals surface area contributed by atoms with Gasteiger partial charge in [0, 0.05) is 31.6 Å². The number of thiazole rings is 1. The summed E-state index contributed by atoms with van der Waals surface area (Å²) in [7, 11) is 3.48. The van der Waals surface area contributed by atoms with Crippen LogP contribution in [0, 0.1) is 0 Å². The standard InChI is InChI=1S/C27H33N3O7S2/c1-29(2)39(33,34)18-22(31)21-17-38-25(28-21)16-30(13-9-12-19-10-7-6-8-11-19)27(32)20-14-23(35-3)26(37-5)24(15-20)36-4/h6-8,10-11,14-15,17H,9,12-13,16,18H2,1-5H3. The van der Waals surface area contributed by atoms with Crippen molar-refractivity contribution in [1.29, 1.82) is 0 Å². The Morgan fingerprint density at radius 2 is 1.62 bits per heavy atom. The summed E-state index contributed by atoms with van der Waals surface area (Å²) in [5, 5.41) is 2.04. The molecule has 12 heteroatoms. The third-order valence-electron chi connectivity index (χ3n) is 5.97. The predicted molar refractivity (Wildman–Crippen MR) is 150 cm³/mol. The molecular formula is C27H33N3O7S2. The summed E-state index contributed by atoms with van der Waals surface area (Å²) < 4.78 is 41.5. The van der Waals surface area contributed by atoms with Gasteiger partial charge in [-0.2, -0.15) is 0 Å². The van der Waals surface area contributed by atoms with Crippen molar-refractivity contribution in [3.8, 4) is 17.2 Å². The lowest BCUT2D eigenvalue weighted by molar-refractivity contribution is 0.0740. The Balaban J connectivity index is 1.86. The third kappa shape index (κ3) is 7.78. The van der Waals surface area contributed by atoms with Crippen molar-refractivity contribution in [3.63, 3.8) is 0 Å². The number of rotatable bonds is 14. The fourth-order valence-electron chi connectivity index (χ4n) is 3.80. The number of aromatic nitrogens is 1. The van der Waals surface area contributed by atoms with E-state index in [9.17, 15) is 18.0 Å². The van der Waals surface area contributed by atoms with Crippen LogP contribution in [-0.4, -0.2) is 82.0 Å². The average Bonchev–Trinajstić information content (AvgIpc) is 3.40. The van der Waals surface area contributed by atoms with Crippen molar-refractivity contribution >= 4 is 33.1 Å². The van der Waals surface area contributed by atoms with Crippen LogP contribution in [0.1, 0.15) is 37.8 Å². The zero-order valence-corrected chi connectivity index (χ0v) is 24.3. The Kier molecular flexibility index (Phi) is 10.4. The van der Waals surface area contributed by atoms with Crippen molar-refractivity contribution in [2.75, 3.05) is 47.7 Å². The molecule has 2 aromatic carbocycles. The molecule has 0 N–H and O–H groups in total. The van der Waals surface area contributed by atoms with Gasteiger partial charge in [-0.25, -0.2) is 17.7 Å². The van der Waals surface area contributed by atoms with Crippen LogP contribution in [0.5, 0.6) is 17.2 Å². The van der Waals surface area contributed by atoms with Crippen LogP contribution >= 0.6 is 11.3 Å². The van der Waals surface area contributed by atoms with Crippen LogP contribution in [0.15, 0.2) is 47.8 Å². The number of carbonyl (C=O) groups is 2. The van der Waals surface area contributed by atoms with Gasteiger partial charge in [0.15, 0.2) is 17.3 Å². The molecule has 0 saturated carbocycles. The molecule has 3 rings (SSSR count). The van der Waals surface area contributed by atoms with Crippen LogP contribution in [0.25, 0.3) is 0 Å². The molecule has 0 aliphatic rings. The van der Waals surface area contributed by atoms with Crippen LogP contribution in [0.2, 0.25) is 0 Å². The molecule has 1 heterocycles. The second-order valence-corrected chi connectivity index (χ2v) is 11.9. The van der Waals surface area contributed by atoms with Gasteiger partial charge in [-0.05, 0) is 30.5 Å². The minimum atomic E-state index is -3.72. The zero-order valence-electron chi connectivity index (χ0n) is 22.7. The van der Waals surface area contributed by atoms with Crippen LogP contribution < -0.4 is 14.2 Å². The van der Waals surface area contributed by atoms with E-state index >= 15 is 0 Å². The molecule has 0 aliphatic heterocycles. The average molecular weight is 576 g/mol. The monoisotopic (exact) mass is 575 g/mol. The molecule has 0 atom stereocenters. The van der Waals surface area contributed by atoms with Gasteiger partial charge in [0.2, 0.25) is 15.8 Å². The van der Waals surface area contributed by atoms with Crippen molar-refractivity contribution < 1.29 is 32.2 Å². The Morgan fingerprint density at radius 3 is 2.18 bits per heavy atom. The van der Waals surface area contributed by atoms with Gasteiger partial charge in [-0.15, -0.1) is 11.3 Å². The first kappa shape index (κ1) is 30.1. The number of methoxy groups -OCH3 is 3.